The number of ether oxygens (including phenoxy) is 1. The second-order valence-corrected chi connectivity index (χ2v) is 8.88. The highest BCUT2D eigenvalue weighted by Gasteiger charge is 2.42. The largest absolute Gasteiger partial charge is 0.481 e. The molecular formula is C23H36O7. The molecule has 0 aromatic heterocycles. The zero-order valence-corrected chi connectivity index (χ0v) is 18.1. The lowest BCUT2D eigenvalue weighted by Gasteiger charge is -2.43. The van der Waals surface area contributed by atoms with Gasteiger partial charge in [-0.1, -0.05) is 39.0 Å². The van der Waals surface area contributed by atoms with Crippen molar-refractivity contribution in [3.63, 3.8) is 0 Å². The predicted molar refractivity (Wildman–Crippen MR) is 111 cm³/mol. The topological polar surface area (TPSA) is 124 Å². The van der Waals surface area contributed by atoms with Crippen LogP contribution in [0.25, 0.3) is 0 Å². The number of hydrogen-bond donors (Lipinski definition) is 4. The third-order valence-electron chi connectivity index (χ3n) is 6.44. The Balaban J connectivity index is 2.09. The van der Waals surface area contributed by atoms with Gasteiger partial charge in [0.1, 0.15) is 6.10 Å². The Morgan fingerprint density at radius 2 is 1.97 bits per heavy atom. The molecule has 2 aliphatic rings. The molecule has 0 radical (unpaired) electrons. The van der Waals surface area contributed by atoms with Gasteiger partial charge in [-0.05, 0) is 43.1 Å². The van der Waals surface area contributed by atoms with Crippen LogP contribution < -0.4 is 0 Å². The Bertz CT molecular complexity index is 656. The van der Waals surface area contributed by atoms with Crippen molar-refractivity contribution in [1.29, 1.82) is 0 Å². The van der Waals surface area contributed by atoms with Gasteiger partial charge in [0.2, 0.25) is 0 Å². The van der Waals surface area contributed by atoms with E-state index in [4.69, 9.17) is 9.84 Å². The van der Waals surface area contributed by atoms with Gasteiger partial charge in [-0.3, -0.25) is 9.59 Å². The summed E-state index contributed by atoms with van der Waals surface area (Å²) in [6.07, 6.45) is 4.64. The SMILES string of the molecule is CC[C@H](C)C(=O)O[C@H]1C[C@H](O)C=C2C=C[C@H](C)C(CCC(O)C[C@@H](O)CC(=O)O)[C@H]21. The summed E-state index contributed by atoms with van der Waals surface area (Å²) in [5, 5.41) is 39.1. The van der Waals surface area contributed by atoms with Crippen LogP contribution >= 0.6 is 0 Å². The molecule has 0 aromatic rings. The fourth-order valence-electron chi connectivity index (χ4n) is 4.52. The standard InChI is InChI=1S/C23H36O7/c1-4-13(2)23(29)30-20-11-17(25)9-15-6-5-14(3)19(22(15)20)8-7-16(24)10-18(26)12-21(27)28/h5-6,9,13-14,16-20,22,24-26H,4,7-8,10-12H2,1-3H3,(H,27,28)/t13-,14-,16?,17+,18+,19?,20-,22-/m0/s1. The summed E-state index contributed by atoms with van der Waals surface area (Å²) in [4.78, 5) is 23.1. The van der Waals surface area contributed by atoms with E-state index in [0.717, 1.165) is 5.57 Å². The monoisotopic (exact) mass is 424 g/mol. The van der Waals surface area contributed by atoms with Crippen molar-refractivity contribution in [2.45, 2.75) is 83.7 Å². The van der Waals surface area contributed by atoms with Crippen LogP contribution in [-0.2, 0) is 14.3 Å². The molecule has 0 spiro atoms. The van der Waals surface area contributed by atoms with Gasteiger partial charge in [-0.25, -0.2) is 0 Å². The average Bonchev–Trinajstić information content (AvgIpc) is 2.65. The molecule has 0 bridgehead atoms. The smallest absolute Gasteiger partial charge is 0.308 e. The first-order valence-electron chi connectivity index (χ1n) is 11.0. The highest BCUT2D eigenvalue weighted by atomic mass is 16.5. The summed E-state index contributed by atoms with van der Waals surface area (Å²) in [5.41, 5.74) is 0.958. The van der Waals surface area contributed by atoms with Gasteiger partial charge in [-0.2, -0.15) is 0 Å². The maximum absolute atomic E-state index is 12.4. The van der Waals surface area contributed by atoms with E-state index in [-0.39, 0.29) is 42.5 Å². The molecule has 7 nitrogen and oxygen atoms in total. The van der Waals surface area contributed by atoms with Gasteiger partial charge in [0, 0.05) is 12.3 Å². The molecule has 0 aliphatic heterocycles. The molecule has 2 aliphatic carbocycles. The number of aliphatic carboxylic acids is 1. The molecule has 0 heterocycles. The number of allylic oxidation sites excluding steroid dienone is 2. The van der Waals surface area contributed by atoms with E-state index in [2.05, 4.69) is 13.0 Å². The molecular weight excluding hydrogens is 388 g/mol. The van der Waals surface area contributed by atoms with E-state index in [1.54, 1.807) is 0 Å². The fourth-order valence-corrected chi connectivity index (χ4v) is 4.52. The second kappa shape index (κ2) is 11.1. The Kier molecular flexibility index (Phi) is 9.07. The van der Waals surface area contributed by atoms with E-state index < -0.39 is 30.4 Å². The van der Waals surface area contributed by atoms with Crippen molar-refractivity contribution in [3.05, 3.63) is 23.8 Å². The predicted octanol–water partition coefficient (Wildman–Crippen LogP) is 2.44. The van der Waals surface area contributed by atoms with Crippen LogP contribution in [-0.4, -0.2) is 56.8 Å². The third-order valence-corrected chi connectivity index (χ3v) is 6.44. The average molecular weight is 425 g/mol. The number of fused-ring (bicyclic) bond motifs is 1. The first-order valence-corrected chi connectivity index (χ1v) is 11.0. The Hall–Kier alpha value is -1.70. The zero-order chi connectivity index (χ0) is 22.4. The van der Waals surface area contributed by atoms with Crippen LogP contribution in [0.4, 0.5) is 0 Å². The van der Waals surface area contributed by atoms with Crippen LogP contribution in [0, 0.1) is 23.7 Å². The number of carbonyl (C=O) groups is 2. The fraction of sp³-hybridized carbons (Fsp3) is 0.739. The molecule has 0 saturated heterocycles. The summed E-state index contributed by atoms with van der Waals surface area (Å²) >= 11 is 0. The maximum atomic E-state index is 12.4. The quantitative estimate of drug-likeness (QED) is 0.397. The van der Waals surface area contributed by atoms with E-state index in [9.17, 15) is 24.9 Å². The van der Waals surface area contributed by atoms with Crippen LogP contribution in [0.2, 0.25) is 0 Å². The van der Waals surface area contributed by atoms with Crippen LogP contribution in [0.15, 0.2) is 23.8 Å². The van der Waals surface area contributed by atoms with Gasteiger partial charge >= 0.3 is 11.9 Å². The summed E-state index contributed by atoms with van der Waals surface area (Å²) in [6, 6.07) is 0. The molecule has 0 saturated carbocycles. The van der Waals surface area contributed by atoms with E-state index in [1.807, 2.05) is 26.0 Å². The minimum absolute atomic E-state index is 0.0156. The maximum Gasteiger partial charge on any atom is 0.308 e. The molecule has 30 heavy (non-hydrogen) atoms. The molecule has 170 valence electrons. The summed E-state index contributed by atoms with van der Waals surface area (Å²) in [7, 11) is 0. The van der Waals surface area contributed by atoms with E-state index in [1.165, 1.54) is 0 Å². The summed E-state index contributed by atoms with van der Waals surface area (Å²) in [5.74, 6) is -1.31. The van der Waals surface area contributed by atoms with Gasteiger partial charge in [-0.15, -0.1) is 0 Å². The van der Waals surface area contributed by atoms with Crippen molar-refractivity contribution in [2.75, 3.05) is 0 Å². The number of aliphatic hydroxyl groups is 3. The van der Waals surface area contributed by atoms with Gasteiger partial charge in [0.15, 0.2) is 0 Å². The second-order valence-electron chi connectivity index (χ2n) is 8.88. The third kappa shape index (κ3) is 6.65. The normalized spacial score (nSPS) is 31.3. The molecule has 0 amide bonds. The Morgan fingerprint density at radius 1 is 1.27 bits per heavy atom. The number of esters is 1. The minimum atomic E-state index is -1.10. The zero-order valence-electron chi connectivity index (χ0n) is 18.1. The molecule has 2 rings (SSSR count). The molecule has 4 N–H and O–H groups in total. The van der Waals surface area contributed by atoms with Crippen molar-refractivity contribution in [2.24, 2.45) is 23.7 Å². The number of carboxylic acids is 1. The first-order chi connectivity index (χ1) is 14.1. The van der Waals surface area contributed by atoms with Crippen LogP contribution in [0.1, 0.15) is 59.3 Å². The lowest BCUT2D eigenvalue weighted by atomic mass is 9.66. The van der Waals surface area contributed by atoms with E-state index >= 15 is 0 Å². The molecule has 8 atom stereocenters. The van der Waals surface area contributed by atoms with Crippen LogP contribution in [0.5, 0.6) is 0 Å². The lowest BCUT2D eigenvalue weighted by Crippen LogP contribution is -2.43. The molecule has 2 unspecified atom stereocenters. The van der Waals surface area contributed by atoms with Crippen molar-refractivity contribution >= 4 is 11.9 Å². The highest BCUT2D eigenvalue weighted by Crippen LogP contribution is 2.44. The Labute approximate surface area is 178 Å². The first kappa shape index (κ1) is 24.6. The summed E-state index contributed by atoms with van der Waals surface area (Å²) < 4.78 is 5.84. The van der Waals surface area contributed by atoms with Gasteiger partial charge in [0.25, 0.3) is 0 Å². The number of rotatable bonds is 10. The molecule has 0 fully saturated rings. The lowest BCUT2D eigenvalue weighted by molar-refractivity contribution is -0.159. The Morgan fingerprint density at radius 3 is 2.60 bits per heavy atom. The molecule has 7 heteroatoms. The van der Waals surface area contributed by atoms with Gasteiger partial charge < -0.3 is 25.2 Å². The van der Waals surface area contributed by atoms with Crippen molar-refractivity contribution in [1.82, 2.24) is 0 Å². The number of carbonyl (C=O) groups excluding carboxylic acids is 1. The van der Waals surface area contributed by atoms with Crippen molar-refractivity contribution in [3.8, 4) is 0 Å². The number of hydrogen-bond acceptors (Lipinski definition) is 6. The number of aliphatic hydroxyl groups excluding tert-OH is 3. The molecule has 0 aromatic carbocycles. The number of carboxylic acid groups (broad SMARTS) is 1. The van der Waals surface area contributed by atoms with Crippen molar-refractivity contribution < 1.29 is 34.8 Å². The van der Waals surface area contributed by atoms with Crippen LogP contribution in [0.3, 0.4) is 0 Å². The summed E-state index contributed by atoms with van der Waals surface area (Å²) in [6.45, 7) is 5.85. The minimum Gasteiger partial charge on any atom is -0.481 e. The van der Waals surface area contributed by atoms with E-state index in [0.29, 0.717) is 25.7 Å². The van der Waals surface area contributed by atoms with Gasteiger partial charge in [0.05, 0.1) is 30.7 Å². The highest BCUT2D eigenvalue weighted by molar-refractivity contribution is 5.72.